The monoisotopic (exact) mass is 286 g/mol. The zero-order valence-corrected chi connectivity index (χ0v) is 11.6. The zero-order chi connectivity index (χ0) is 15.6. The van der Waals surface area contributed by atoms with E-state index in [1.807, 2.05) is 0 Å². The van der Waals surface area contributed by atoms with Gasteiger partial charge in [-0.1, -0.05) is 0 Å². The molecule has 0 aliphatic carbocycles. The number of rotatable bonds is 4. The number of nitrogens with one attached hydrogen (secondary N) is 1. The largest absolute Gasteiger partial charge is 0.455 e. The first kappa shape index (κ1) is 14.4. The highest BCUT2D eigenvalue weighted by atomic mass is 16.6. The minimum absolute atomic E-state index is 0.0397. The third-order valence-corrected chi connectivity index (χ3v) is 2.94. The SMILES string of the molecule is Cc1cc([N+](=O)[O-])c(C)cc1Oc1cccnc1C(=N)N. The number of benzene rings is 1. The molecule has 0 saturated carbocycles. The Hall–Kier alpha value is -2.96. The summed E-state index contributed by atoms with van der Waals surface area (Å²) in [6, 6.07) is 6.34. The van der Waals surface area contributed by atoms with Gasteiger partial charge in [0, 0.05) is 17.8 Å². The molecule has 0 unspecified atom stereocenters. The van der Waals surface area contributed by atoms with Crippen LogP contribution in [0, 0.1) is 29.4 Å². The number of nitro groups is 1. The predicted octanol–water partition coefficient (Wildman–Crippen LogP) is 2.68. The quantitative estimate of drug-likeness (QED) is 0.388. The van der Waals surface area contributed by atoms with Crippen LogP contribution in [0.5, 0.6) is 11.5 Å². The fraction of sp³-hybridized carbons (Fsp3) is 0.143. The Balaban J connectivity index is 2.44. The van der Waals surface area contributed by atoms with E-state index in [0.717, 1.165) is 0 Å². The van der Waals surface area contributed by atoms with E-state index in [1.54, 1.807) is 32.0 Å². The lowest BCUT2D eigenvalue weighted by atomic mass is 10.1. The molecule has 3 N–H and O–H groups in total. The van der Waals surface area contributed by atoms with Crippen molar-refractivity contribution in [2.75, 3.05) is 0 Å². The van der Waals surface area contributed by atoms with Gasteiger partial charge >= 0.3 is 0 Å². The molecule has 0 aliphatic heterocycles. The van der Waals surface area contributed by atoms with Crippen LogP contribution in [0.4, 0.5) is 5.69 Å². The van der Waals surface area contributed by atoms with Gasteiger partial charge in [-0.3, -0.25) is 15.5 Å². The summed E-state index contributed by atoms with van der Waals surface area (Å²) in [5, 5.41) is 18.4. The van der Waals surface area contributed by atoms with Gasteiger partial charge in [0.25, 0.3) is 5.69 Å². The summed E-state index contributed by atoms with van der Waals surface area (Å²) < 4.78 is 5.71. The second-order valence-corrected chi connectivity index (χ2v) is 4.53. The number of aromatic nitrogens is 1. The van der Waals surface area contributed by atoms with Crippen molar-refractivity contribution in [1.82, 2.24) is 4.98 Å². The van der Waals surface area contributed by atoms with Gasteiger partial charge in [0.05, 0.1) is 4.92 Å². The topological polar surface area (TPSA) is 115 Å². The molecule has 21 heavy (non-hydrogen) atoms. The molecule has 1 aromatic heterocycles. The third-order valence-electron chi connectivity index (χ3n) is 2.94. The number of ether oxygens (including phenoxy) is 1. The highest BCUT2D eigenvalue weighted by Crippen LogP contribution is 2.31. The molecular formula is C14H14N4O3. The number of hydrogen-bond donors (Lipinski definition) is 2. The third kappa shape index (κ3) is 2.97. The number of nitrogens with zero attached hydrogens (tertiary/aromatic N) is 2. The van der Waals surface area contributed by atoms with Gasteiger partial charge in [-0.15, -0.1) is 0 Å². The molecule has 1 heterocycles. The maximum atomic E-state index is 10.9. The van der Waals surface area contributed by atoms with Gasteiger partial charge in [-0.2, -0.15) is 0 Å². The summed E-state index contributed by atoms with van der Waals surface area (Å²) >= 11 is 0. The molecule has 0 aliphatic rings. The van der Waals surface area contributed by atoms with Gasteiger partial charge in [0.2, 0.25) is 0 Å². The van der Waals surface area contributed by atoms with Crippen molar-refractivity contribution < 1.29 is 9.66 Å². The number of amidine groups is 1. The number of hydrogen-bond acceptors (Lipinski definition) is 5. The minimum atomic E-state index is -0.433. The van der Waals surface area contributed by atoms with E-state index in [2.05, 4.69) is 4.98 Å². The molecule has 0 saturated heterocycles. The molecule has 0 bridgehead atoms. The van der Waals surface area contributed by atoms with Crippen LogP contribution in [0.15, 0.2) is 30.5 Å². The number of aryl methyl sites for hydroxylation is 2. The van der Waals surface area contributed by atoms with Crippen LogP contribution >= 0.6 is 0 Å². The Morgan fingerprint density at radius 1 is 1.33 bits per heavy atom. The summed E-state index contributed by atoms with van der Waals surface area (Å²) in [7, 11) is 0. The van der Waals surface area contributed by atoms with Crippen molar-refractivity contribution in [3.8, 4) is 11.5 Å². The molecule has 2 rings (SSSR count). The van der Waals surface area contributed by atoms with Crippen molar-refractivity contribution in [2.24, 2.45) is 5.73 Å². The number of nitro benzene ring substituents is 1. The highest BCUT2D eigenvalue weighted by Gasteiger charge is 2.16. The second kappa shape index (κ2) is 5.58. The van der Waals surface area contributed by atoms with Crippen LogP contribution in [0.25, 0.3) is 0 Å². The fourth-order valence-electron chi connectivity index (χ4n) is 1.87. The van der Waals surface area contributed by atoms with E-state index in [4.69, 9.17) is 15.9 Å². The summed E-state index contributed by atoms with van der Waals surface area (Å²) in [6.45, 7) is 3.35. The van der Waals surface area contributed by atoms with Crippen LogP contribution < -0.4 is 10.5 Å². The molecule has 7 heteroatoms. The first-order chi connectivity index (χ1) is 9.90. The normalized spacial score (nSPS) is 10.2. The molecular weight excluding hydrogens is 272 g/mol. The lowest BCUT2D eigenvalue weighted by Crippen LogP contribution is -2.14. The van der Waals surface area contributed by atoms with E-state index in [-0.39, 0.29) is 17.2 Å². The second-order valence-electron chi connectivity index (χ2n) is 4.53. The zero-order valence-electron chi connectivity index (χ0n) is 11.6. The Labute approximate surface area is 121 Å². The van der Waals surface area contributed by atoms with E-state index in [1.165, 1.54) is 12.3 Å². The molecule has 0 radical (unpaired) electrons. The maximum absolute atomic E-state index is 10.9. The molecule has 0 amide bonds. The summed E-state index contributed by atoms with van der Waals surface area (Å²) in [4.78, 5) is 14.5. The van der Waals surface area contributed by atoms with Crippen molar-refractivity contribution in [3.05, 3.63) is 57.4 Å². The van der Waals surface area contributed by atoms with Crippen LogP contribution in [0.3, 0.4) is 0 Å². The average molecular weight is 286 g/mol. The summed E-state index contributed by atoms with van der Waals surface area (Å²) in [5.41, 5.74) is 6.83. The Morgan fingerprint density at radius 2 is 2.05 bits per heavy atom. The lowest BCUT2D eigenvalue weighted by molar-refractivity contribution is -0.385. The number of nitrogens with two attached hydrogens (primary N) is 1. The van der Waals surface area contributed by atoms with Crippen molar-refractivity contribution in [1.29, 1.82) is 5.41 Å². The van der Waals surface area contributed by atoms with Gasteiger partial charge in [-0.05, 0) is 37.6 Å². The lowest BCUT2D eigenvalue weighted by Gasteiger charge is -2.12. The number of pyridine rings is 1. The smallest absolute Gasteiger partial charge is 0.272 e. The predicted molar refractivity (Wildman–Crippen MR) is 77.9 cm³/mol. The van der Waals surface area contributed by atoms with Crippen LogP contribution in [-0.4, -0.2) is 15.7 Å². The number of nitrogen functional groups attached to an aromatic ring is 1. The standard InChI is InChI=1S/C14H14N4O3/c1-8-7-12(9(2)6-10(8)18(19)20)21-11-4-3-5-17-13(11)14(15)16/h3-7H,1-2H3,(H3,15,16). The summed E-state index contributed by atoms with van der Waals surface area (Å²) in [6.07, 6.45) is 1.51. The molecule has 0 spiro atoms. The van der Waals surface area contributed by atoms with E-state index < -0.39 is 4.92 Å². The van der Waals surface area contributed by atoms with Crippen LogP contribution in [0.1, 0.15) is 16.8 Å². The molecule has 1 aromatic carbocycles. The summed E-state index contributed by atoms with van der Waals surface area (Å²) in [5.74, 6) is 0.594. The van der Waals surface area contributed by atoms with Gasteiger partial charge < -0.3 is 10.5 Å². The van der Waals surface area contributed by atoms with E-state index >= 15 is 0 Å². The van der Waals surface area contributed by atoms with E-state index in [9.17, 15) is 10.1 Å². The Morgan fingerprint density at radius 3 is 2.67 bits per heavy atom. The molecule has 7 nitrogen and oxygen atoms in total. The fourth-order valence-corrected chi connectivity index (χ4v) is 1.87. The average Bonchev–Trinajstić information content (AvgIpc) is 2.42. The maximum Gasteiger partial charge on any atom is 0.272 e. The van der Waals surface area contributed by atoms with Gasteiger partial charge in [0.1, 0.15) is 17.3 Å². The van der Waals surface area contributed by atoms with Crippen LogP contribution in [-0.2, 0) is 0 Å². The van der Waals surface area contributed by atoms with Crippen LogP contribution in [0.2, 0.25) is 0 Å². The molecule has 0 fully saturated rings. The molecule has 0 atom stereocenters. The first-order valence-electron chi connectivity index (χ1n) is 6.13. The Bertz CT molecular complexity index is 728. The highest BCUT2D eigenvalue weighted by molar-refractivity contribution is 5.95. The van der Waals surface area contributed by atoms with E-state index in [0.29, 0.717) is 22.6 Å². The Kier molecular flexibility index (Phi) is 3.84. The molecule has 108 valence electrons. The van der Waals surface area contributed by atoms with Crippen molar-refractivity contribution in [2.45, 2.75) is 13.8 Å². The van der Waals surface area contributed by atoms with Gasteiger partial charge in [-0.25, -0.2) is 4.98 Å². The van der Waals surface area contributed by atoms with Gasteiger partial charge in [0.15, 0.2) is 5.75 Å². The minimum Gasteiger partial charge on any atom is -0.455 e. The van der Waals surface area contributed by atoms with Crippen molar-refractivity contribution in [3.63, 3.8) is 0 Å². The first-order valence-corrected chi connectivity index (χ1v) is 6.13. The van der Waals surface area contributed by atoms with Crippen molar-refractivity contribution >= 4 is 11.5 Å². The molecule has 2 aromatic rings.